The van der Waals surface area contributed by atoms with Crippen molar-refractivity contribution in [1.29, 1.82) is 0 Å². The van der Waals surface area contributed by atoms with Gasteiger partial charge in [-0.25, -0.2) is 0 Å². The van der Waals surface area contributed by atoms with Crippen molar-refractivity contribution in [3.05, 3.63) is 53.6 Å². The number of phenols is 2. The number of benzene rings is 2. The molecule has 0 spiro atoms. The zero-order valence-electron chi connectivity index (χ0n) is 14.9. The summed E-state index contributed by atoms with van der Waals surface area (Å²) in [5, 5.41) is 20.2. The Morgan fingerprint density at radius 3 is 2.15 bits per heavy atom. The molecule has 4 fully saturated rings. The van der Waals surface area contributed by atoms with Gasteiger partial charge in [0, 0.05) is 11.8 Å². The number of hydrogen-bond donors (Lipinski definition) is 2. The van der Waals surface area contributed by atoms with Gasteiger partial charge in [-0.15, -0.1) is 0 Å². The number of nitrogens with zero attached hydrogens (tertiary/aromatic N) is 1. The van der Waals surface area contributed by atoms with Gasteiger partial charge >= 0.3 is 0 Å². The third kappa shape index (κ3) is 2.61. The smallest absolute Gasteiger partial charge is 0.141 e. The van der Waals surface area contributed by atoms with Crippen molar-refractivity contribution in [2.45, 2.75) is 43.9 Å². The molecule has 134 valence electrons. The minimum Gasteiger partial charge on any atom is -0.507 e. The third-order valence-electron chi connectivity index (χ3n) is 6.90. The summed E-state index contributed by atoms with van der Waals surface area (Å²) < 4.78 is 0. The molecule has 3 nitrogen and oxygen atoms in total. The molecule has 0 radical (unpaired) electrons. The van der Waals surface area contributed by atoms with E-state index in [1.165, 1.54) is 44.1 Å². The summed E-state index contributed by atoms with van der Waals surface area (Å²) in [6.07, 6.45) is 9.88. The van der Waals surface area contributed by atoms with Crippen LogP contribution in [0.3, 0.4) is 0 Å². The monoisotopic (exact) mass is 347 g/mol. The molecule has 4 bridgehead atoms. The van der Waals surface area contributed by atoms with Gasteiger partial charge in [-0.05, 0) is 91.5 Å². The van der Waals surface area contributed by atoms with Gasteiger partial charge in [0.15, 0.2) is 0 Å². The van der Waals surface area contributed by atoms with Crippen LogP contribution in [0.1, 0.15) is 49.7 Å². The van der Waals surface area contributed by atoms with E-state index >= 15 is 0 Å². The fourth-order valence-corrected chi connectivity index (χ4v) is 6.16. The van der Waals surface area contributed by atoms with Crippen LogP contribution in [0.4, 0.5) is 5.69 Å². The first-order valence-corrected chi connectivity index (χ1v) is 9.77. The summed E-state index contributed by atoms with van der Waals surface area (Å²) in [6.45, 7) is 0. The number of phenolic OH excluding ortho intramolecular Hbond substituents is 2. The van der Waals surface area contributed by atoms with Crippen LogP contribution >= 0.6 is 0 Å². The first kappa shape index (κ1) is 15.9. The molecule has 4 aliphatic carbocycles. The maximum absolute atomic E-state index is 10.3. The van der Waals surface area contributed by atoms with Crippen LogP contribution in [-0.4, -0.2) is 16.4 Å². The Labute approximate surface area is 154 Å². The molecule has 0 atom stereocenters. The second kappa shape index (κ2) is 5.87. The Bertz CT molecular complexity index is 835. The topological polar surface area (TPSA) is 52.8 Å². The summed E-state index contributed by atoms with van der Waals surface area (Å²) >= 11 is 0. The number of para-hydroxylation sites is 2. The Balaban J connectivity index is 1.49. The number of aliphatic imine (C=N–C) groups is 1. The van der Waals surface area contributed by atoms with Crippen molar-refractivity contribution < 1.29 is 10.2 Å². The third-order valence-corrected chi connectivity index (χ3v) is 6.90. The highest BCUT2D eigenvalue weighted by atomic mass is 16.3. The van der Waals surface area contributed by atoms with Gasteiger partial charge in [-0.2, -0.15) is 0 Å². The minimum absolute atomic E-state index is 0.153. The van der Waals surface area contributed by atoms with Crippen molar-refractivity contribution in [3.8, 4) is 11.5 Å². The lowest BCUT2D eigenvalue weighted by Crippen LogP contribution is -2.48. The Kier molecular flexibility index (Phi) is 3.59. The van der Waals surface area contributed by atoms with Crippen LogP contribution < -0.4 is 0 Å². The van der Waals surface area contributed by atoms with Crippen LogP contribution in [-0.2, 0) is 5.41 Å². The molecule has 6 rings (SSSR count). The number of hydrogen-bond acceptors (Lipinski definition) is 3. The molecular formula is C23H25NO2. The van der Waals surface area contributed by atoms with Gasteiger partial charge in [0.25, 0.3) is 0 Å². The van der Waals surface area contributed by atoms with Gasteiger partial charge in [0.05, 0.1) is 0 Å². The highest BCUT2D eigenvalue weighted by Crippen LogP contribution is 2.60. The first-order chi connectivity index (χ1) is 12.6. The van der Waals surface area contributed by atoms with E-state index in [1.54, 1.807) is 24.4 Å². The highest BCUT2D eigenvalue weighted by Gasteiger charge is 2.51. The van der Waals surface area contributed by atoms with Crippen LogP contribution in [0.2, 0.25) is 0 Å². The lowest BCUT2D eigenvalue weighted by molar-refractivity contribution is -0.00520. The maximum Gasteiger partial charge on any atom is 0.141 e. The molecule has 0 saturated heterocycles. The van der Waals surface area contributed by atoms with Crippen LogP contribution in [0.15, 0.2) is 47.5 Å². The average Bonchev–Trinajstić information content (AvgIpc) is 2.61. The second-order valence-corrected chi connectivity index (χ2v) is 8.72. The molecule has 4 saturated carbocycles. The van der Waals surface area contributed by atoms with E-state index in [9.17, 15) is 10.2 Å². The molecule has 4 aliphatic rings. The normalized spacial score (nSPS) is 32.4. The summed E-state index contributed by atoms with van der Waals surface area (Å²) in [7, 11) is 0. The molecule has 26 heavy (non-hydrogen) atoms. The summed E-state index contributed by atoms with van der Waals surface area (Å²) in [5.74, 6) is 3.09. The van der Waals surface area contributed by atoms with Gasteiger partial charge in [0.2, 0.25) is 0 Å². The Hall–Kier alpha value is -2.29. The first-order valence-electron chi connectivity index (χ1n) is 9.77. The van der Waals surface area contributed by atoms with Gasteiger partial charge < -0.3 is 10.2 Å². The van der Waals surface area contributed by atoms with E-state index in [0.29, 0.717) is 11.1 Å². The lowest BCUT2D eigenvalue weighted by Gasteiger charge is -2.57. The van der Waals surface area contributed by atoms with E-state index in [0.717, 1.165) is 23.3 Å². The number of rotatable bonds is 3. The van der Waals surface area contributed by atoms with Crippen molar-refractivity contribution in [2.75, 3.05) is 0 Å². The zero-order chi connectivity index (χ0) is 17.7. The lowest BCUT2D eigenvalue weighted by atomic mass is 9.48. The quantitative estimate of drug-likeness (QED) is 0.739. The van der Waals surface area contributed by atoms with Crippen LogP contribution in [0, 0.1) is 17.8 Å². The zero-order valence-corrected chi connectivity index (χ0v) is 14.9. The molecule has 0 aliphatic heterocycles. The summed E-state index contributed by atoms with van der Waals surface area (Å²) in [6, 6.07) is 13.1. The Morgan fingerprint density at radius 1 is 0.846 bits per heavy atom. The predicted octanol–water partition coefficient (Wildman–Crippen LogP) is 5.32. The van der Waals surface area contributed by atoms with E-state index in [2.05, 4.69) is 17.1 Å². The molecule has 0 aromatic heterocycles. The Morgan fingerprint density at radius 2 is 1.50 bits per heavy atom. The van der Waals surface area contributed by atoms with Crippen LogP contribution in [0.5, 0.6) is 11.5 Å². The predicted molar refractivity (Wildman–Crippen MR) is 103 cm³/mol. The minimum atomic E-state index is 0.153. The molecule has 2 aromatic rings. The molecule has 2 aromatic carbocycles. The number of aromatic hydroxyl groups is 2. The highest BCUT2D eigenvalue weighted by molar-refractivity contribution is 5.86. The summed E-state index contributed by atoms with van der Waals surface area (Å²) in [4.78, 5) is 4.39. The van der Waals surface area contributed by atoms with Crippen molar-refractivity contribution >= 4 is 11.9 Å². The maximum atomic E-state index is 10.3. The average molecular weight is 347 g/mol. The van der Waals surface area contributed by atoms with E-state index < -0.39 is 0 Å². The van der Waals surface area contributed by atoms with E-state index in [4.69, 9.17) is 0 Å². The fraction of sp³-hybridized carbons (Fsp3) is 0.435. The van der Waals surface area contributed by atoms with Crippen molar-refractivity contribution in [3.63, 3.8) is 0 Å². The molecule has 3 heteroatoms. The molecular weight excluding hydrogens is 322 g/mol. The standard InChI is InChI=1S/C23H25NO2/c25-21-6-5-19(10-18(21)14-24-20-3-1-2-4-22(20)26)23-11-15-7-16(12-23)9-17(8-15)13-23/h1-6,10,14-17,25-26H,7-9,11-13H2. The van der Waals surface area contributed by atoms with E-state index in [1.807, 2.05) is 12.1 Å². The van der Waals surface area contributed by atoms with E-state index in [-0.39, 0.29) is 11.5 Å². The SMILES string of the molecule is Oc1ccc(C23CC4CC(CC(C4)C2)C3)cc1C=Nc1ccccc1O. The van der Waals surface area contributed by atoms with Gasteiger partial charge in [-0.1, -0.05) is 18.2 Å². The van der Waals surface area contributed by atoms with Crippen molar-refractivity contribution in [2.24, 2.45) is 22.7 Å². The molecule has 0 heterocycles. The second-order valence-electron chi connectivity index (χ2n) is 8.72. The van der Waals surface area contributed by atoms with Crippen molar-refractivity contribution in [1.82, 2.24) is 0 Å². The molecule has 2 N–H and O–H groups in total. The fourth-order valence-electron chi connectivity index (χ4n) is 6.16. The largest absolute Gasteiger partial charge is 0.507 e. The van der Waals surface area contributed by atoms with Gasteiger partial charge in [-0.3, -0.25) is 4.99 Å². The molecule has 0 amide bonds. The van der Waals surface area contributed by atoms with Crippen LogP contribution in [0.25, 0.3) is 0 Å². The van der Waals surface area contributed by atoms with Gasteiger partial charge in [0.1, 0.15) is 17.2 Å². The molecule has 0 unspecified atom stereocenters. The summed E-state index contributed by atoms with van der Waals surface area (Å²) in [5.41, 5.74) is 2.93.